The third kappa shape index (κ3) is 3.54. The Morgan fingerprint density at radius 2 is 2.21 bits per heavy atom. The molecule has 1 fully saturated rings. The molecule has 14 heavy (non-hydrogen) atoms. The second-order valence-corrected chi connectivity index (χ2v) is 4.35. The van der Waals surface area contributed by atoms with Crippen LogP contribution in [0.25, 0.3) is 0 Å². The number of hydrogen-bond donors (Lipinski definition) is 2. The van der Waals surface area contributed by atoms with Gasteiger partial charge >= 0.3 is 6.09 Å². The van der Waals surface area contributed by atoms with Crippen molar-refractivity contribution >= 4 is 6.09 Å². The Hall–Kier alpha value is -0.770. The number of alkyl carbamates (subject to hydrolysis) is 1. The highest BCUT2D eigenvalue weighted by atomic mass is 16.6. The fourth-order valence-electron chi connectivity index (χ4n) is 1.51. The minimum Gasteiger partial charge on any atom is -0.447 e. The number of carbonyl (C=O) groups is 1. The second-order valence-electron chi connectivity index (χ2n) is 4.35. The molecule has 0 atom stereocenters. The summed E-state index contributed by atoms with van der Waals surface area (Å²) in [5, 5.41) is 2.78. The van der Waals surface area contributed by atoms with E-state index in [1.807, 2.05) is 13.8 Å². The number of ether oxygens (including phenoxy) is 1. The van der Waals surface area contributed by atoms with Crippen molar-refractivity contribution in [1.29, 1.82) is 0 Å². The zero-order valence-corrected chi connectivity index (χ0v) is 9.01. The van der Waals surface area contributed by atoms with Gasteiger partial charge in [-0.15, -0.1) is 0 Å². The maximum Gasteiger partial charge on any atom is 0.407 e. The summed E-state index contributed by atoms with van der Waals surface area (Å²) in [7, 11) is 0. The standard InChI is InChI=1S/C10H20N2O2/c1-8(2)14-9(13)12-7-10(3-4-10)5-6-11/h8H,3-7,11H2,1-2H3,(H,12,13). The van der Waals surface area contributed by atoms with Gasteiger partial charge in [0.2, 0.25) is 0 Å². The summed E-state index contributed by atoms with van der Waals surface area (Å²) in [6.07, 6.45) is 2.97. The molecule has 1 aliphatic carbocycles. The molecule has 1 rings (SSSR count). The number of nitrogens with two attached hydrogens (primary N) is 1. The summed E-state index contributed by atoms with van der Waals surface area (Å²) in [6.45, 7) is 5.08. The lowest BCUT2D eigenvalue weighted by atomic mass is 10.0. The fourth-order valence-corrected chi connectivity index (χ4v) is 1.51. The first kappa shape index (κ1) is 11.3. The topological polar surface area (TPSA) is 64.3 Å². The molecule has 1 amide bonds. The minimum atomic E-state index is -0.316. The van der Waals surface area contributed by atoms with Crippen LogP contribution in [0.4, 0.5) is 4.79 Å². The number of amides is 1. The lowest BCUT2D eigenvalue weighted by Gasteiger charge is -2.15. The molecule has 0 aromatic rings. The average molecular weight is 200 g/mol. The van der Waals surface area contributed by atoms with E-state index in [-0.39, 0.29) is 17.6 Å². The third-order valence-corrected chi connectivity index (χ3v) is 2.58. The summed E-state index contributed by atoms with van der Waals surface area (Å²) in [5.74, 6) is 0. The Labute approximate surface area is 85.2 Å². The maximum atomic E-state index is 11.2. The van der Waals surface area contributed by atoms with Crippen molar-refractivity contribution in [3.05, 3.63) is 0 Å². The van der Waals surface area contributed by atoms with Gasteiger partial charge in [0.1, 0.15) is 0 Å². The highest BCUT2D eigenvalue weighted by molar-refractivity contribution is 5.67. The van der Waals surface area contributed by atoms with Crippen LogP contribution in [0.2, 0.25) is 0 Å². The van der Waals surface area contributed by atoms with Crippen LogP contribution in [0, 0.1) is 5.41 Å². The van der Waals surface area contributed by atoms with Crippen LogP contribution in [0.1, 0.15) is 33.1 Å². The zero-order chi connectivity index (χ0) is 10.6. The van der Waals surface area contributed by atoms with Gasteiger partial charge in [0, 0.05) is 6.54 Å². The van der Waals surface area contributed by atoms with Gasteiger partial charge in [-0.3, -0.25) is 0 Å². The van der Waals surface area contributed by atoms with Crippen molar-refractivity contribution in [3.8, 4) is 0 Å². The molecule has 4 nitrogen and oxygen atoms in total. The second kappa shape index (κ2) is 4.64. The van der Waals surface area contributed by atoms with Crippen molar-refractivity contribution < 1.29 is 9.53 Å². The largest absolute Gasteiger partial charge is 0.447 e. The van der Waals surface area contributed by atoms with Crippen molar-refractivity contribution in [3.63, 3.8) is 0 Å². The van der Waals surface area contributed by atoms with E-state index in [1.54, 1.807) is 0 Å². The van der Waals surface area contributed by atoms with E-state index in [2.05, 4.69) is 5.32 Å². The normalized spacial score (nSPS) is 18.0. The van der Waals surface area contributed by atoms with Crippen molar-refractivity contribution in [1.82, 2.24) is 5.32 Å². The molecule has 0 radical (unpaired) electrons. The molecule has 0 aliphatic heterocycles. The monoisotopic (exact) mass is 200 g/mol. The van der Waals surface area contributed by atoms with Crippen LogP contribution in [0.15, 0.2) is 0 Å². The molecule has 3 N–H and O–H groups in total. The fraction of sp³-hybridized carbons (Fsp3) is 0.900. The van der Waals surface area contributed by atoms with Gasteiger partial charge in [-0.05, 0) is 45.1 Å². The predicted molar refractivity (Wildman–Crippen MR) is 55.0 cm³/mol. The number of hydrogen-bond acceptors (Lipinski definition) is 3. The summed E-state index contributed by atoms with van der Waals surface area (Å²) in [4.78, 5) is 11.2. The summed E-state index contributed by atoms with van der Waals surface area (Å²) in [5.41, 5.74) is 5.78. The van der Waals surface area contributed by atoms with E-state index >= 15 is 0 Å². The van der Waals surface area contributed by atoms with E-state index in [0.717, 1.165) is 6.42 Å². The van der Waals surface area contributed by atoms with Gasteiger partial charge in [0.25, 0.3) is 0 Å². The molecular formula is C10H20N2O2. The molecule has 0 bridgehead atoms. The van der Waals surface area contributed by atoms with Gasteiger partial charge in [0.15, 0.2) is 0 Å². The lowest BCUT2D eigenvalue weighted by Crippen LogP contribution is -2.33. The Kier molecular flexibility index (Phi) is 3.75. The predicted octanol–water partition coefficient (Wildman–Crippen LogP) is 1.25. The third-order valence-electron chi connectivity index (χ3n) is 2.58. The zero-order valence-electron chi connectivity index (χ0n) is 9.01. The van der Waals surface area contributed by atoms with Crippen LogP contribution in [-0.4, -0.2) is 25.3 Å². The Morgan fingerprint density at radius 1 is 1.57 bits per heavy atom. The van der Waals surface area contributed by atoms with Crippen LogP contribution < -0.4 is 11.1 Å². The van der Waals surface area contributed by atoms with Gasteiger partial charge in [-0.25, -0.2) is 4.79 Å². The molecule has 0 aromatic carbocycles. The first-order valence-corrected chi connectivity index (χ1v) is 5.22. The van der Waals surface area contributed by atoms with Gasteiger partial charge in [-0.1, -0.05) is 0 Å². The van der Waals surface area contributed by atoms with Crippen molar-refractivity contribution in [2.24, 2.45) is 11.1 Å². The Morgan fingerprint density at radius 3 is 2.64 bits per heavy atom. The average Bonchev–Trinajstić information content (AvgIpc) is 2.82. The van der Waals surface area contributed by atoms with E-state index in [9.17, 15) is 4.79 Å². The first-order valence-electron chi connectivity index (χ1n) is 5.22. The molecule has 82 valence electrons. The number of rotatable bonds is 5. The van der Waals surface area contributed by atoms with Gasteiger partial charge in [0.05, 0.1) is 6.10 Å². The molecule has 0 saturated heterocycles. The van der Waals surface area contributed by atoms with Crippen LogP contribution in [-0.2, 0) is 4.74 Å². The van der Waals surface area contributed by atoms with Crippen LogP contribution >= 0.6 is 0 Å². The quantitative estimate of drug-likeness (QED) is 0.702. The van der Waals surface area contributed by atoms with Crippen molar-refractivity contribution in [2.45, 2.75) is 39.2 Å². The van der Waals surface area contributed by atoms with Gasteiger partial charge in [-0.2, -0.15) is 0 Å². The van der Waals surface area contributed by atoms with E-state index in [1.165, 1.54) is 12.8 Å². The number of carbonyl (C=O) groups excluding carboxylic acids is 1. The number of nitrogens with one attached hydrogen (secondary N) is 1. The highest BCUT2D eigenvalue weighted by Crippen LogP contribution is 2.47. The molecule has 0 unspecified atom stereocenters. The Balaban J connectivity index is 2.17. The molecule has 1 saturated carbocycles. The molecular weight excluding hydrogens is 180 g/mol. The van der Waals surface area contributed by atoms with Crippen LogP contribution in [0.3, 0.4) is 0 Å². The molecule has 1 aliphatic rings. The van der Waals surface area contributed by atoms with Crippen LogP contribution in [0.5, 0.6) is 0 Å². The SMILES string of the molecule is CC(C)OC(=O)NCC1(CCN)CC1. The van der Waals surface area contributed by atoms with Gasteiger partial charge < -0.3 is 15.8 Å². The molecule has 0 spiro atoms. The van der Waals surface area contributed by atoms with E-state index in [4.69, 9.17) is 10.5 Å². The molecule has 0 heterocycles. The van der Waals surface area contributed by atoms with Crippen molar-refractivity contribution in [2.75, 3.05) is 13.1 Å². The maximum absolute atomic E-state index is 11.2. The summed E-state index contributed by atoms with van der Waals surface area (Å²) >= 11 is 0. The van der Waals surface area contributed by atoms with E-state index in [0.29, 0.717) is 13.1 Å². The Bertz CT molecular complexity index is 200. The highest BCUT2D eigenvalue weighted by Gasteiger charge is 2.41. The summed E-state index contributed by atoms with van der Waals surface area (Å²) < 4.78 is 4.97. The lowest BCUT2D eigenvalue weighted by molar-refractivity contribution is 0.113. The molecule has 0 aromatic heterocycles. The first-order chi connectivity index (χ1) is 6.58. The summed E-state index contributed by atoms with van der Waals surface area (Å²) in [6, 6.07) is 0. The minimum absolute atomic E-state index is 0.0559. The smallest absolute Gasteiger partial charge is 0.407 e. The van der Waals surface area contributed by atoms with E-state index < -0.39 is 0 Å². The molecule has 4 heteroatoms.